The number of ether oxygens (including phenoxy) is 2. The van der Waals surface area contributed by atoms with Gasteiger partial charge in [0, 0.05) is 13.7 Å². The molecule has 1 aromatic rings. The van der Waals surface area contributed by atoms with Gasteiger partial charge in [0.15, 0.2) is 0 Å². The molecule has 2 rings (SSSR count). The Hall–Kier alpha value is -1.59. The number of hydrogen-bond donors (Lipinski definition) is 1. The third-order valence-electron chi connectivity index (χ3n) is 4.85. The van der Waals surface area contributed by atoms with Crippen molar-refractivity contribution in [3.8, 4) is 5.75 Å². The minimum absolute atomic E-state index is 0.102. The quantitative estimate of drug-likeness (QED) is 0.898. The summed E-state index contributed by atoms with van der Waals surface area (Å²) in [6.45, 7) is 8.65. The van der Waals surface area contributed by atoms with E-state index in [4.69, 9.17) is 9.47 Å². The first-order valence-electron chi connectivity index (χ1n) is 8.44. The summed E-state index contributed by atoms with van der Waals surface area (Å²) in [5.74, 6) is 0.640. The predicted octanol–water partition coefficient (Wildman–Crippen LogP) is 2.46. The maximum atomic E-state index is 12.5. The molecular weight excluding hydrogens is 306 g/mol. The van der Waals surface area contributed by atoms with E-state index in [1.165, 1.54) is 12.7 Å². The summed E-state index contributed by atoms with van der Waals surface area (Å²) in [7, 11) is 1.52. The molecule has 0 bridgehead atoms. The van der Waals surface area contributed by atoms with Gasteiger partial charge in [-0.3, -0.25) is 4.79 Å². The summed E-state index contributed by atoms with van der Waals surface area (Å²) in [5.41, 5.74) is 0.447. The largest absolute Gasteiger partial charge is 0.491 e. The van der Waals surface area contributed by atoms with Crippen molar-refractivity contribution < 1.29 is 19.4 Å². The van der Waals surface area contributed by atoms with Crippen LogP contribution in [0.5, 0.6) is 5.75 Å². The smallest absolute Gasteiger partial charge is 0.254 e. The van der Waals surface area contributed by atoms with Gasteiger partial charge in [0.2, 0.25) is 0 Å². The maximum Gasteiger partial charge on any atom is 0.254 e. The maximum absolute atomic E-state index is 12.5. The molecule has 24 heavy (non-hydrogen) atoms. The number of methoxy groups -OCH3 is 1. The van der Waals surface area contributed by atoms with Crippen molar-refractivity contribution in [3.05, 3.63) is 29.3 Å². The van der Waals surface area contributed by atoms with Crippen LogP contribution in [0.4, 0.5) is 0 Å². The molecule has 1 unspecified atom stereocenters. The number of piperidine rings is 1. The van der Waals surface area contributed by atoms with Crippen LogP contribution in [0.25, 0.3) is 0 Å². The normalized spacial score (nSPS) is 21.7. The highest BCUT2D eigenvalue weighted by molar-refractivity contribution is 5.84. The number of amides is 1. The molecule has 0 spiro atoms. The summed E-state index contributed by atoms with van der Waals surface area (Å²) < 4.78 is 11.1. The van der Waals surface area contributed by atoms with Crippen LogP contribution in [0.3, 0.4) is 0 Å². The van der Waals surface area contributed by atoms with Crippen molar-refractivity contribution in [2.45, 2.75) is 51.7 Å². The lowest BCUT2D eigenvalue weighted by Gasteiger charge is -2.41. The van der Waals surface area contributed by atoms with Crippen LogP contribution in [0.1, 0.15) is 37.8 Å². The zero-order valence-electron chi connectivity index (χ0n) is 15.4. The molecule has 1 aliphatic rings. The summed E-state index contributed by atoms with van der Waals surface area (Å²) in [6.07, 6.45) is 1.37. The van der Waals surface area contributed by atoms with Gasteiger partial charge in [0.25, 0.3) is 5.91 Å². The van der Waals surface area contributed by atoms with E-state index in [1.54, 1.807) is 18.7 Å². The molecule has 1 fully saturated rings. The molecule has 5 heteroatoms. The van der Waals surface area contributed by atoms with Crippen molar-refractivity contribution in [1.29, 1.82) is 0 Å². The fourth-order valence-corrected chi connectivity index (χ4v) is 2.89. The molecule has 0 aliphatic carbocycles. The van der Waals surface area contributed by atoms with Gasteiger partial charge >= 0.3 is 0 Å². The van der Waals surface area contributed by atoms with E-state index >= 15 is 0 Å². The second kappa shape index (κ2) is 7.11. The number of likely N-dealkylation sites (tertiary alicyclic amines) is 1. The van der Waals surface area contributed by atoms with E-state index in [1.807, 2.05) is 25.1 Å². The summed E-state index contributed by atoms with van der Waals surface area (Å²) in [6, 6.07) is 5.89. The fourth-order valence-electron chi connectivity index (χ4n) is 2.89. The van der Waals surface area contributed by atoms with Crippen LogP contribution >= 0.6 is 0 Å². The van der Waals surface area contributed by atoms with E-state index in [9.17, 15) is 9.90 Å². The second-order valence-corrected chi connectivity index (χ2v) is 7.30. The van der Waals surface area contributed by atoms with Crippen LogP contribution in [0.2, 0.25) is 0 Å². The number of carbonyl (C=O) groups is 1. The van der Waals surface area contributed by atoms with Crippen LogP contribution in [-0.4, -0.2) is 53.9 Å². The van der Waals surface area contributed by atoms with Gasteiger partial charge in [-0.1, -0.05) is 6.07 Å². The Kier molecular flexibility index (Phi) is 5.56. The standard InChI is InChI=1S/C19H29NO4/c1-14-7-8-16(11-15(14)2)24-13-19(22)9-6-10-20(12-19)17(21)18(3,4)23-5/h7-8,11,22H,6,9-10,12-13H2,1-5H3. The van der Waals surface area contributed by atoms with E-state index in [0.29, 0.717) is 13.0 Å². The van der Waals surface area contributed by atoms with Crippen molar-refractivity contribution in [2.75, 3.05) is 26.8 Å². The Bertz CT molecular complexity index is 599. The molecule has 0 aromatic heterocycles. The highest BCUT2D eigenvalue weighted by atomic mass is 16.5. The molecule has 1 atom stereocenters. The van der Waals surface area contributed by atoms with E-state index < -0.39 is 11.2 Å². The summed E-state index contributed by atoms with van der Waals surface area (Å²) in [5, 5.41) is 10.9. The molecule has 1 saturated heterocycles. The molecule has 134 valence electrons. The van der Waals surface area contributed by atoms with Crippen LogP contribution < -0.4 is 4.74 Å². The summed E-state index contributed by atoms with van der Waals surface area (Å²) >= 11 is 0. The Morgan fingerprint density at radius 1 is 1.33 bits per heavy atom. The lowest BCUT2D eigenvalue weighted by Crippen LogP contribution is -2.57. The van der Waals surface area contributed by atoms with Gasteiger partial charge in [0.1, 0.15) is 23.6 Å². The van der Waals surface area contributed by atoms with Gasteiger partial charge in [-0.2, -0.15) is 0 Å². The topological polar surface area (TPSA) is 59.0 Å². The monoisotopic (exact) mass is 335 g/mol. The van der Waals surface area contributed by atoms with E-state index in [0.717, 1.165) is 17.7 Å². The molecule has 1 aromatic carbocycles. The number of β-amino-alcohol motifs (C(OH)–C–C–N with tert-alkyl or cyclic N) is 1. The molecule has 1 aliphatic heterocycles. The first kappa shape index (κ1) is 18.7. The number of aliphatic hydroxyl groups is 1. The van der Waals surface area contributed by atoms with Crippen LogP contribution in [0.15, 0.2) is 18.2 Å². The minimum atomic E-state index is -1.03. The molecule has 1 N–H and O–H groups in total. The van der Waals surface area contributed by atoms with Gasteiger partial charge < -0.3 is 19.5 Å². The lowest BCUT2D eigenvalue weighted by molar-refractivity contribution is -0.159. The molecular formula is C19H29NO4. The Balaban J connectivity index is 2.01. The lowest BCUT2D eigenvalue weighted by atomic mass is 9.92. The third kappa shape index (κ3) is 4.28. The number of nitrogens with zero attached hydrogens (tertiary/aromatic N) is 1. The highest BCUT2D eigenvalue weighted by Crippen LogP contribution is 2.26. The van der Waals surface area contributed by atoms with Gasteiger partial charge in [-0.05, 0) is 63.8 Å². The minimum Gasteiger partial charge on any atom is -0.491 e. The second-order valence-electron chi connectivity index (χ2n) is 7.30. The number of carbonyl (C=O) groups excluding carboxylic acids is 1. The highest BCUT2D eigenvalue weighted by Gasteiger charge is 2.40. The Morgan fingerprint density at radius 2 is 2.04 bits per heavy atom. The predicted molar refractivity (Wildman–Crippen MR) is 93.3 cm³/mol. The van der Waals surface area contributed by atoms with Crippen molar-refractivity contribution in [2.24, 2.45) is 0 Å². The van der Waals surface area contributed by atoms with Crippen LogP contribution in [0, 0.1) is 13.8 Å². The van der Waals surface area contributed by atoms with Gasteiger partial charge in [0.05, 0.1) is 6.54 Å². The van der Waals surface area contributed by atoms with E-state index in [-0.39, 0.29) is 19.1 Å². The van der Waals surface area contributed by atoms with Crippen molar-refractivity contribution in [3.63, 3.8) is 0 Å². The average Bonchev–Trinajstić information content (AvgIpc) is 2.55. The van der Waals surface area contributed by atoms with Crippen LogP contribution in [-0.2, 0) is 9.53 Å². The zero-order chi connectivity index (χ0) is 18.0. The number of aryl methyl sites for hydroxylation is 2. The fraction of sp³-hybridized carbons (Fsp3) is 0.632. The van der Waals surface area contributed by atoms with E-state index in [2.05, 4.69) is 6.92 Å². The molecule has 0 saturated carbocycles. The summed E-state index contributed by atoms with van der Waals surface area (Å²) in [4.78, 5) is 14.2. The number of benzene rings is 1. The molecule has 0 radical (unpaired) electrons. The molecule has 1 amide bonds. The van der Waals surface area contributed by atoms with Gasteiger partial charge in [-0.25, -0.2) is 0 Å². The average molecular weight is 335 g/mol. The molecule has 1 heterocycles. The number of hydrogen-bond acceptors (Lipinski definition) is 4. The first-order valence-corrected chi connectivity index (χ1v) is 8.44. The first-order chi connectivity index (χ1) is 11.2. The third-order valence-corrected chi connectivity index (χ3v) is 4.85. The SMILES string of the molecule is COC(C)(C)C(=O)N1CCCC(O)(COc2ccc(C)c(C)c2)C1. The number of rotatable bonds is 5. The molecule has 5 nitrogen and oxygen atoms in total. The zero-order valence-corrected chi connectivity index (χ0v) is 15.4. The van der Waals surface area contributed by atoms with Crippen molar-refractivity contribution in [1.82, 2.24) is 4.90 Å². The Morgan fingerprint density at radius 3 is 2.67 bits per heavy atom. The van der Waals surface area contributed by atoms with Gasteiger partial charge in [-0.15, -0.1) is 0 Å². The van der Waals surface area contributed by atoms with Crippen molar-refractivity contribution >= 4 is 5.91 Å². The Labute approximate surface area is 144 Å².